The van der Waals surface area contributed by atoms with Crippen LogP contribution in [0.15, 0.2) is 16.5 Å². The minimum Gasteiger partial charge on any atom is -0.442 e. The topological polar surface area (TPSA) is 115 Å². The number of hydrogen-bond acceptors (Lipinski definition) is 7. The highest BCUT2D eigenvalue weighted by atomic mass is 32.2. The predicted octanol–water partition coefficient (Wildman–Crippen LogP) is 1.02. The molecule has 0 aliphatic carbocycles. The first-order chi connectivity index (χ1) is 9.51. The molecule has 20 heavy (non-hydrogen) atoms. The highest BCUT2D eigenvalue weighted by Gasteiger charge is 2.33. The van der Waals surface area contributed by atoms with Crippen LogP contribution in [0.1, 0.15) is 10.6 Å². The zero-order chi connectivity index (χ0) is 14.7. The fraction of sp³-hybridized carbons (Fsp3) is 0.400. The molecule has 0 saturated carbocycles. The highest BCUT2D eigenvalue weighted by Crippen LogP contribution is 2.17. The molecule has 1 aliphatic heterocycles. The lowest BCUT2D eigenvalue weighted by Gasteiger charge is -2.12. The molecule has 2 heterocycles. The lowest BCUT2D eigenvalue weighted by Crippen LogP contribution is -2.43. The molecule has 108 valence electrons. The van der Waals surface area contributed by atoms with Crippen molar-refractivity contribution in [2.24, 2.45) is 0 Å². The first-order valence-electron chi connectivity index (χ1n) is 5.53. The van der Waals surface area contributed by atoms with Gasteiger partial charge in [-0.05, 0) is 12.3 Å². The van der Waals surface area contributed by atoms with E-state index in [0.717, 1.165) is 17.1 Å². The molecule has 0 spiro atoms. The lowest BCUT2D eigenvalue weighted by atomic mass is 10.4. The summed E-state index contributed by atoms with van der Waals surface area (Å²) < 4.78 is 9.74. The van der Waals surface area contributed by atoms with E-state index in [1.807, 2.05) is 6.26 Å². The number of hydrazine groups is 1. The maximum Gasteiger partial charge on any atom is 0.433 e. The number of furan rings is 1. The molecule has 10 heteroatoms. The van der Waals surface area contributed by atoms with E-state index in [4.69, 9.17) is 9.15 Å². The number of nitro groups is 1. The van der Waals surface area contributed by atoms with E-state index in [2.05, 4.69) is 5.43 Å². The van der Waals surface area contributed by atoms with Crippen LogP contribution in [-0.2, 0) is 4.74 Å². The van der Waals surface area contributed by atoms with Crippen molar-refractivity contribution in [3.8, 4) is 0 Å². The normalized spacial score (nSPS) is 17.9. The van der Waals surface area contributed by atoms with Crippen LogP contribution in [0.2, 0.25) is 0 Å². The maximum absolute atomic E-state index is 11.8. The molecule has 1 N–H and O–H groups in total. The van der Waals surface area contributed by atoms with Crippen molar-refractivity contribution in [2.75, 3.05) is 18.6 Å². The molecule has 1 fully saturated rings. The molecule has 1 aromatic heterocycles. The number of hydrogen-bond donors (Lipinski definition) is 1. The van der Waals surface area contributed by atoms with E-state index in [1.165, 1.54) is 11.8 Å². The average Bonchev–Trinajstić information content (AvgIpc) is 2.98. The number of nitrogens with one attached hydrogen (secondary N) is 1. The van der Waals surface area contributed by atoms with Gasteiger partial charge in [-0.2, -0.15) is 11.8 Å². The number of cyclic esters (lactones) is 1. The number of thioether (sulfide) groups is 1. The smallest absolute Gasteiger partial charge is 0.433 e. The number of rotatable bonds is 5. The van der Waals surface area contributed by atoms with Crippen molar-refractivity contribution in [1.82, 2.24) is 10.4 Å². The van der Waals surface area contributed by atoms with E-state index >= 15 is 0 Å². The van der Waals surface area contributed by atoms with Crippen molar-refractivity contribution < 1.29 is 23.7 Å². The Morgan fingerprint density at radius 1 is 1.65 bits per heavy atom. The zero-order valence-corrected chi connectivity index (χ0v) is 11.2. The molecule has 2 amide bonds. The van der Waals surface area contributed by atoms with Crippen LogP contribution >= 0.6 is 11.8 Å². The van der Waals surface area contributed by atoms with Gasteiger partial charge in [0.2, 0.25) is 5.76 Å². The van der Waals surface area contributed by atoms with Crippen LogP contribution in [0.5, 0.6) is 0 Å². The van der Waals surface area contributed by atoms with Gasteiger partial charge in [-0.3, -0.25) is 20.3 Å². The molecule has 0 bridgehead atoms. The molecular formula is C10H11N3O6S. The molecule has 2 rings (SSSR count). The van der Waals surface area contributed by atoms with Gasteiger partial charge < -0.3 is 9.15 Å². The summed E-state index contributed by atoms with van der Waals surface area (Å²) in [5.41, 5.74) is 2.28. The molecule has 0 aromatic carbocycles. The highest BCUT2D eigenvalue weighted by molar-refractivity contribution is 7.98. The van der Waals surface area contributed by atoms with Crippen LogP contribution in [0.25, 0.3) is 0 Å². The maximum atomic E-state index is 11.8. The van der Waals surface area contributed by atoms with Gasteiger partial charge in [0.25, 0.3) is 0 Å². The SMILES string of the molecule is CSCC1CN(NC(=O)c2ccc([N+](=O)[O-])o2)C(=O)O1. The number of carbonyl (C=O) groups is 2. The second-order valence-corrected chi connectivity index (χ2v) is 4.82. The monoisotopic (exact) mass is 301 g/mol. The Morgan fingerprint density at radius 3 is 3.00 bits per heavy atom. The van der Waals surface area contributed by atoms with E-state index in [1.54, 1.807) is 0 Å². The molecule has 1 unspecified atom stereocenters. The fourth-order valence-corrected chi connectivity index (χ4v) is 2.16. The van der Waals surface area contributed by atoms with Crippen LogP contribution in [0.3, 0.4) is 0 Å². The number of nitrogens with zero attached hydrogens (tertiary/aromatic N) is 2. The molecular weight excluding hydrogens is 290 g/mol. The molecule has 1 saturated heterocycles. The zero-order valence-electron chi connectivity index (χ0n) is 10.4. The predicted molar refractivity (Wildman–Crippen MR) is 68.2 cm³/mol. The minimum absolute atomic E-state index is 0.216. The van der Waals surface area contributed by atoms with Crippen molar-refractivity contribution in [1.29, 1.82) is 0 Å². The summed E-state index contributed by atoms with van der Waals surface area (Å²) in [5.74, 6) is -0.929. The Morgan fingerprint density at radius 2 is 2.40 bits per heavy atom. The summed E-state index contributed by atoms with van der Waals surface area (Å²) in [6.07, 6.45) is 0.902. The van der Waals surface area contributed by atoms with Crippen molar-refractivity contribution in [2.45, 2.75) is 6.10 Å². The van der Waals surface area contributed by atoms with Crippen LogP contribution in [0.4, 0.5) is 10.7 Å². The van der Waals surface area contributed by atoms with Gasteiger partial charge in [-0.1, -0.05) is 0 Å². The summed E-state index contributed by atoms with van der Waals surface area (Å²) in [4.78, 5) is 32.9. The number of ether oxygens (including phenoxy) is 1. The van der Waals surface area contributed by atoms with Crippen molar-refractivity contribution >= 4 is 29.6 Å². The minimum atomic E-state index is -0.755. The standard InChI is InChI=1S/C10H11N3O6S/c1-20-5-6-4-12(10(15)18-6)11-9(14)7-2-3-8(19-7)13(16)17/h2-3,6H,4-5H2,1H3,(H,11,14). The third-order valence-electron chi connectivity index (χ3n) is 2.46. The summed E-state index contributed by atoms with van der Waals surface area (Å²) in [7, 11) is 0. The second kappa shape index (κ2) is 5.82. The van der Waals surface area contributed by atoms with Crippen LogP contribution in [-0.4, -0.2) is 46.6 Å². The van der Waals surface area contributed by atoms with E-state index in [0.29, 0.717) is 5.75 Å². The van der Waals surface area contributed by atoms with Crippen LogP contribution < -0.4 is 5.43 Å². The molecule has 0 radical (unpaired) electrons. The Balaban J connectivity index is 1.97. The Bertz CT molecular complexity index is 545. The number of carbonyl (C=O) groups excluding carboxylic acids is 2. The second-order valence-electron chi connectivity index (χ2n) is 3.91. The van der Waals surface area contributed by atoms with Crippen molar-refractivity contribution in [3.63, 3.8) is 0 Å². The van der Waals surface area contributed by atoms with E-state index in [9.17, 15) is 19.7 Å². The van der Waals surface area contributed by atoms with E-state index < -0.39 is 22.8 Å². The van der Waals surface area contributed by atoms with E-state index in [-0.39, 0.29) is 18.4 Å². The lowest BCUT2D eigenvalue weighted by molar-refractivity contribution is -0.402. The Labute approximate surface area is 117 Å². The summed E-state index contributed by atoms with van der Waals surface area (Å²) in [6.45, 7) is 0.216. The van der Waals surface area contributed by atoms with Gasteiger partial charge in [0.1, 0.15) is 11.0 Å². The molecule has 1 atom stereocenters. The summed E-state index contributed by atoms with van der Waals surface area (Å²) in [6, 6.07) is 2.22. The Kier molecular flexibility index (Phi) is 4.13. The number of amides is 2. The summed E-state index contributed by atoms with van der Waals surface area (Å²) >= 11 is 1.51. The first kappa shape index (κ1) is 14.2. The molecule has 1 aliphatic rings. The van der Waals surface area contributed by atoms with Gasteiger partial charge in [-0.15, -0.1) is 0 Å². The third-order valence-corrected chi connectivity index (χ3v) is 3.16. The van der Waals surface area contributed by atoms with Gasteiger partial charge in [-0.25, -0.2) is 9.80 Å². The quantitative estimate of drug-likeness (QED) is 0.637. The average molecular weight is 301 g/mol. The van der Waals surface area contributed by atoms with Gasteiger partial charge in [0.05, 0.1) is 12.6 Å². The Hall–Kier alpha value is -2.23. The van der Waals surface area contributed by atoms with Gasteiger partial charge >= 0.3 is 17.9 Å². The molecule has 1 aromatic rings. The van der Waals surface area contributed by atoms with Gasteiger partial charge in [0.15, 0.2) is 0 Å². The van der Waals surface area contributed by atoms with Gasteiger partial charge in [0, 0.05) is 5.75 Å². The third kappa shape index (κ3) is 3.02. The summed E-state index contributed by atoms with van der Waals surface area (Å²) in [5, 5.41) is 11.5. The van der Waals surface area contributed by atoms with Crippen molar-refractivity contribution in [3.05, 3.63) is 28.0 Å². The largest absolute Gasteiger partial charge is 0.442 e. The first-order valence-corrected chi connectivity index (χ1v) is 6.93. The van der Waals surface area contributed by atoms with Crippen LogP contribution in [0, 0.1) is 10.1 Å². The molecule has 9 nitrogen and oxygen atoms in total. The fourth-order valence-electron chi connectivity index (χ4n) is 1.61.